The van der Waals surface area contributed by atoms with Crippen LogP contribution in [0, 0.1) is 5.92 Å². The highest BCUT2D eigenvalue weighted by Crippen LogP contribution is 2.16. The first-order chi connectivity index (χ1) is 8.11. The van der Waals surface area contributed by atoms with Gasteiger partial charge in [0.2, 0.25) is 0 Å². The summed E-state index contributed by atoms with van der Waals surface area (Å²) in [4.78, 5) is 16.2. The molecule has 1 atom stereocenters. The minimum absolute atomic E-state index is 0.135. The summed E-state index contributed by atoms with van der Waals surface area (Å²) in [5, 5.41) is 0. The number of fused-ring (bicyclic) bond motifs is 1. The number of nitrogens with zero attached hydrogens (tertiary/aromatic N) is 2. The van der Waals surface area contributed by atoms with Crippen molar-refractivity contribution in [3.05, 3.63) is 30.1 Å². The van der Waals surface area contributed by atoms with Crippen LogP contribution in [0.5, 0.6) is 0 Å². The number of Topliss-reactive ketones (excluding diaryl/α,β-unsaturated/α-hetero) is 1. The predicted molar refractivity (Wildman–Crippen MR) is 67.9 cm³/mol. The van der Waals surface area contributed by atoms with E-state index >= 15 is 0 Å². The molecule has 0 spiro atoms. The van der Waals surface area contributed by atoms with Gasteiger partial charge in [-0.25, -0.2) is 4.98 Å². The maximum atomic E-state index is 12.0. The maximum Gasteiger partial charge on any atom is 0.163 e. The van der Waals surface area contributed by atoms with E-state index < -0.39 is 0 Å². The van der Waals surface area contributed by atoms with Gasteiger partial charge in [-0.3, -0.25) is 4.79 Å². The van der Waals surface area contributed by atoms with Crippen LogP contribution in [0.2, 0.25) is 0 Å². The molecule has 1 aromatic heterocycles. The third-order valence-electron chi connectivity index (χ3n) is 2.98. The Morgan fingerprint density at radius 3 is 3.00 bits per heavy atom. The fourth-order valence-electron chi connectivity index (χ4n) is 1.83. The van der Waals surface area contributed by atoms with Crippen LogP contribution in [0.4, 0.5) is 0 Å². The highest BCUT2D eigenvalue weighted by molar-refractivity contribution is 5.99. The molecule has 1 unspecified atom stereocenters. The number of aryl methyl sites for hydroxylation is 1. The van der Waals surface area contributed by atoms with Gasteiger partial charge in [0, 0.05) is 19.0 Å². The zero-order valence-electron chi connectivity index (χ0n) is 10.2. The number of carbonyl (C=O) groups is 1. The summed E-state index contributed by atoms with van der Waals surface area (Å²) in [5.41, 5.74) is 8.14. The van der Waals surface area contributed by atoms with Gasteiger partial charge in [-0.1, -0.05) is 6.92 Å². The summed E-state index contributed by atoms with van der Waals surface area (Å²) < 4.78 is 1.94. The molecule has 2 rings (SSSR count). The third-order valence-corrected chi connectivity index (χ3v) is 2.98. The number of ketones is 1. The molecule has 0 aliphatic carbocycles. The van der Waals surface area contributed by atoms with E-state index in [0.717, 1.165) is 16.6 Å². The molecular formula is C13H17N3O. The molecule has 0 fully saturated rings. The Hall–Kier alpha value is -1.68. The Morgan fingerprint density at radius 1 is 1.53 bits per heavy atom. The van der Waals surface area contributed by atoms with Crippen LogP contribution in [0.25, 0.3) is 11.0 Å². The van der Waals surface area contributed by atoms with Crippen LogP contribution < -0.4 is 5.73 Å². The Labute approximate surface area is 100 Å². The summed E-state index contributed by atoms with van der Waals surface area (Å²) in [7, 11) is 1.94. The lowest BCUT2D eigenvalue weighted by atomic mass is 9.99. The van der Waals surface area contributed by atoms with E-state index in [1.165, 1.54) is 0 Å². The van der Waals surface area contributed by atoms with Gasteiger partial charge in [0.1, 0.15) is 0 Å². The molecule has 4 heteroatoms. The summed E-state index contributed by atoms with van der Waals surface area (Å²) in [5.74, 6) is 0.359. The van der Waals surface area contributed by atoms with Gasteiger partial charge in [0.05, 0.1) is 17.4 Å². The molecule has 17 heavy (non-hydrogen) atoms. The average Bonchev–Trinajstić information content (AvgIpc) is 2.70. The molecule has 1 aromatic carbocycles. The predicted octanol–water partition coefficient (Wildman–Crippen LogP) is 1.74. The first-order valence-corrected chi connectivity index (χ1v) is 5.76. The standard InChI is InChI=1S/C13H17N3O/c1-9(7-14)5-13(17)10-3-4-12-11(6-10)15-8-16(12)2/h3-4,6,8-9H,5,7,14H2,1-2H3. The van der Waals surface area contributed by atoms with Crippen molar-refractivity contribution in [2.45, 2.75) is 13.3 Å². The van der Waals surface area contributed by atoms with Gasteiger partial charge in [-0.05, 0) is 30.7 Å². The number of benzene rings is 1. The van der Waals surface area contributed by atoms with E-state index in [-0.39, 0.29) is 11.7 Å². The Bertz CT molecular complexity index is 545. The number of nitrogens with two attached hydrogens (primary N) is 1. The molecule has 0 bridgehead atoms. The van der Waals surface area contributed by atoms with Crippen molar-refractivity contribution < 1.29 is 4.79 Å². The van der Waals surface area contributed by atoms with Gasteiger partial charge in [-0.15, -0.1) is 0 Å². The van der Waals surface area contributed by atoms with Crippen molar-refractivity contribution in [3.8, 4) is 0 Å². The molecule has 1 heterocycles. The topological polar surface area (TPSA) is 60.9 Å². The summed E-state index contributed by atoms with van der Waals surface area (Å²) in [6.07, 6.45) is 2.25. The number of imidazole rings is 1. The second-order valence-electron chi connectivity index (χ2n) is 4.53. The minimum atomic E-state index is 0.135. The van der Waals surface area contributed by atoms with Gasteiger partial charge in [0.25, 0.3) is 0 Å². The molecule has 2 aromatic rings. The number of carbonyl (C=O) groups excluding carboxylic acids is 1. The monoisotopic (exact) mass is 231 g/mol. The summed E-state index contributed by atoms with van der Waals surface area (Å²) in [6.45, 7) is 2.52. The van der Waals surface area contributed by atoms with Crippen LogP contribution in [-0.4, -0.2) is 21.9 Å². The van der Waals surface area contributed by atoms with Crippen LogP contribution >= 0.6 is 0 Å². The SMILES string of the molecule is CC(CN)CC(=O)c1ccc2c(c1)ncn2C. The molecule has 2 N–H and O–H groups in total. The van der Waals surface area contributed by atoms with Crippen molar-refractivity contribution in [2.75, 3.05) is 6.54 Å². The summed E-state index contributed by atoms with van der Waals surface area (Å²) in [6, 6.07) is 5.64. The third kappa shape index (κ3) is 2.36. The lowest BCUT2D eigenvalue weighted by molar-refractivity contribution is 0.0966. The fraction of sp³-hybridized carbons (Fsp3) is 0.385. The molecule has 0 aliphatic heterocycles. The van der Waals surface area contributed by atoms with E-state index in [1.807, 2.05) is 36.7 Å². The highest BCUT2D eigenvalue weighted by Gasteiger charge is 2.11. The number of hydrogen-bond acceptors (Lipinski definition) is 3. The maximum absolute atomic E-state index is 12.0. The van der Waals surface area contributed by atoms with Gasteiger partial charge < -0.3 is 10.3 Å². The molecule has 0 aliphatic rings. The second-order valence-corrected chi connectivity index (χ2v) is 4.53. The van der Waals surface area contributed by atoms with Crippen LogP contribution in [0.3, 0.4) is 0 Å². The second kappa shape index (κ2) is 4.67. The molecule has 0 amide bonds. The summed E-state index contributed by atoms with van der Waals surface area (Å²) >= 11 is 0. The van der Waals surface area contributed by atoms with Gasteiger partial charge >= 0.3 is 0 Å². The number of hydrogen-bond donors (Lipinski definition) is 1. The first kappa shape index (κ1) is 11.8. The normalized spacial score (nSPS) is 12.9. The van der Waals surface area contributed by atoms with E-state index in [0.29, 0.717) is 13.0 Å². The van der Waals surface area contributed by atoms with E-state index in [2.05, 4.69) is 4.98 Å². The fourth-order valence-corrected chi connectivity index (χ4v) is 1.83. The van der Waals surface area contributed by atoms with E-state index in [1.54, 1.807) is 6.33 Å². The molecule has 90 valence electrons. The Kier molecular flexibility index (Phi) is 3.24. The van der Waals surface area contributed by atoms with Crippen molar-refractivity contribution in [2.24, 2.45) is 18.7 Å². The number of rotatable bonds is 4. The van der Waals surface area contributed by atoms with Crippen LogP contribution in [0.1, 0.15) is 23.7 Å². The number of aromatic nitrogens is 2. The molecule has 4 nitrogen and oxygen atoms in total. The highest BCUT2D eigenvalue weighted by atomic mass is 16.1. The van der Waals surface area contributed by atoms with Crippen molar-refractivity contribution >= 4 is 16.8 Å². The molecule has 0 saturated heterocycles. The van der Waals surface area contributed by atoms with Crippen LogP contribution in [0.15, 0.2) is 24.5 Å². The lowest BCUT2D eigenvalue weighted by Crippen LogP contribution is -2.15. The molecule has 0 saturated carbocycles. The first-order valence-electron chi connectivity index (χ1n) is 5.76. The van der Waals surface area contributed by atoms with E-state index in [9.17, 15) is 4.79 Å². The average molecular weight is 231 g/mol. The van der Waals surface area contributed by atoms with Crippen molar-refractivity contribution in [1.29, 1.82) is 0 Å². The Morgan fingerprint density at radius 2 is 2.29 bits per heavy atom. The smallest absolute Gasteiger partial charge is 0.163 e. The largest absolute Gasteiger partial charge is 0.334 e. The minimum Gasteiger partial charge on any atom is -0.334 e. The Balaban J connectivity index is 2.27. The quantitative estimate of drug-likeness (QED) is 0.815. The lowest BCUT2D eigenvalue weighted by Gasteiger charge is -2.07. The zero-order chi connectivity index (χ0) is 12.4. The molecular weight excluding hydrogens is 214 g/mol. The van der Waals surface area contributed by atoms with E-state index in [4.69, 9.17) is 5.73 Å². The van der Waals surface area contributed by atoms with Crippen LogP contribution in [-0.2, 0) is 7.05 Å². The van der Waals surface area contributed by atoms with Gasteiger partial charge in [-0.2, -0.15) is 0 Å². The van der Waals surface area contributed by atoms with Gasteiger partial charge in [0.15, 0.2) is 5.78 Å². The molecule has 0 radical (unpaired) electrons. The zero-order valence-corrected chi connectivity index (χ0v) is 10.2. The van der Waals surface area contributed by atoms with Crippen molar-refractivity contribution in [1.82, 2.24) is 9.55 Å². The van der Waals surface area contributed by atoms with Crippen molar-refractivity contribution in [3.63, 3.8) is 0 Å².